The van der Waals surface area contributed by atoms with Gasteiger partial charge in [0.05, 0.1) is 18.0 Å². The monoisotopic (exact) mass is 238 g/mol. The fraction of sp³-hybridized carbons (Fsp3) is 0.636. The van der Waals surface area contributed by atoms with Crippen LogP contribution >= 0.6 is 0 Å². The average molecular weight is 238 g/mol. The molecule has 0 aromatic carbocycles. The van der Waals surface area contributed by atoms with Crippen LogP contribution in [-0.2, 0) is 16.1 Å². The minimum absolute atomic E-state index is 0.0499. The summed E-state index contributed by atoms with van der Waals surface area (Å²) in [4.78, 5) is 11.5. The standard InChI is InChI=1S/C11H18N4O2/c12-9-6-14-15(7-9)8-11(16)13-4-3-10-2-1-5-17-10/h6-7,10H,1-5,8,12H2,(H,13,16). The van der Waals surface area contributed by atoms with E-state index in [0.29, 0.717) is 18.3 Å². The van der Waals surface area contributed by atoms with Crippen molar-refractivity contribution in [3.05, 3.63) is 12.4 Å². The Labute approximate surface area is 100 Å². The van der Waals surface area contributed by atoms with Gasteiger partial charge < -0.3 is 15.8 Å². The van der Waals surface area contributed by atoms with Gasteiger partial charge in [0.2, 0.25) is 5.91 Å². The van der Waals surface area contributed by atoms with Crippen molar-refractivity contribution in [2.75, 3.05) is 18.9 Å². The van der Waals surface area contributed by atoms with E-state index < -0.39 is 0 Å². The number of nitrogen functional groups attached to an aromatic ring is 1. The molecule has 6 nitrogen and oxygen atoms in total. The number of anilines is 1. The van der Waals surface area contributed by atoms with E-state index in [-0.39, 0.29) is 12.5 Å². The molecule has 2 heterocycles. The Morgan fingerprint density at radius 2 is 2.59 bits per heavy atom. The van der Waals surface area contributed by atoms with Gasteiger partial charge in [0.1, 0.15) is 6.54 Å². The molecule has 0 spiro atoms. The van der Waals surface area contributed by atoms with Gasteiger partial charge in [-0.15, -0.1) is 0 Å². The number of nitrogens with one attached hydrogen (secondary N) is 1. The Hall–Kier alpha value is -1.56. The molecule has 1 aromatic rings. The van der Waals surface area contributed by atoms with E-state index in [0.717, 1.165) is 25.9 Å². The summed E-state index contributed by atoms with van der Waals surface area (Å²) >= 11 is 0. The number of hydrogen-bond acceptors (Lipinski definition) is 4. The highest BCUT2D eigenvalue weighted by Crippen LogP contribution is 2.14. The first-order chi connectivity index (χ1) is 8.24. The molecule has 0 aliphatic carbocycles. The van der Waals surface area contributed by atoms with Crippen LogP contribution in [0, 0.1) is 0 Å². The molecule has 3 N–H and O–H groups in total. The van der Waals surface area contributed by atoms with E-state index in [9.17, 15) is 4.79 Å². The number of rotatable bonds is 5. The number of carbonyl (C=O) groups is 1. The molecule has 1 fully saturated rings. The minimum atomic E-state index is -0.0499. The molecule has 1 aromatic heterocycles. The summed E-state index contributed by atoms with van der Waals surface area (Å²) in [6.45, 7) is 1.72. The quantitative estimate of drug-likeness (QED) is 0.765. The Kier molecular flexibility index (Phi) is 3.98. The summed E-state index contributed by atoms with van der Waals surface area (Å²) in [5.74, 6) is -0.0499. The highest BCUT2D eigenvalue weighted by molar-refractivity contribution is 5.75. The maximum absolute atomic E-state index is 11.5. The van der Waals surface area contributed by atoms with Gasteiger partial charge in [-0.3, -0.25) is 9.48 Å². The summed E-state index contributed by atoms with van der Waals surface area (Å²) in [6, 6.07) is 0. The van der Waals surface area contributed by atoms with Gasteiger partial charge in [-0.25, -0.2) is 0 Å². The third kappa shape index (κ3) is 3.74. The van der Waals surface area contributed by atoms with Crippen molar-refractivity contribution < 1.29 is 9.53 Å². The lowest BCUT2D eigenvalue weighted by Gasteiger charge is -2.09. The highest BCUT2D eigenvalue weighted by atomic mass is 16.5. The number of carbonyl (C=O) groups excluding carboxylic acids is 1. The summed E-state index contributed by atoms with van der Waals surface area (Å²) in [7, 11) is 0. The molecule has 0 saturated carbocycles. The normalized spacial score (nSPS) is 19.4. The third-order valence-electron chi connectivity index (χ3n) is 2.77. The van der Waals surface area contributed by atoms with Gasteiger partial charge in [-0.05, 0) is 19.3 Å². The van der Waals surface area contributed by atoms with Crippen molar-refractivity contribution in [2.45, 2.75) is 31.9 Å². The first-order valence-electron chi connectivity index (χ1n) is 5.90. The summed E-state index contributed by atoms with van der Waals surface area (Å²) < 4.78 is 7.00. The van der Waals surface area contributed by atoms with Crippen LogP contribution in [0.4, 0.5) is 5.69 Å². The molecule has 1 aliphatic rings. The second-order valence-electron chi connectivity index (χ2n) is 4.24. The predicted octanol–water partition coefficient (Wildman–Crippen LogP) is 0.151. The lowest BCUT2D eigenvalue weighted by molar-refractivity contribution is -0.121. The number of nitrogens with zero attached hydrogens (tertiary/aromatic N) is 2. The van der Waals surface area contributed by atoms with Crippen molar-refractivity contribution in [3.8, 4) is 0 Å². The molecule has 0 radical (unpaired) electrons. The van der Waals surface area contributed by atoms with Gasteiger partial charge >= 0.3 is 0 Å². The Bertz CT molecular complexity index is 371. The van der Waals surface area contributed by atoms with Crippen LogP contribution in [0.3, 0.4) is 0 Å². The molecule has 94 valence electrons. The molecular formula is C11H18N4O2. The first-order valence-corrected chi connectivity index (χ1v) is 5.90. The summed E-state index contributed by atoms with van der Waals surface area (Å²) in [5.41, 5.74) is 6.07. The molecule has 2 rings (SSSR count). The predicted molar refractivity (Wildman–Crippen MR) is 63.2 cm³/mol. The lowest BCUT2D eigenvalue weighted by Crippen LogP contribution is -2.30. The molecule has 17 heavy (non-hydrogen) atoms. The first kappa shape index (κ1) is 11.9. The fourth-order valence-corrected chi connectivity index (χ4v) is 1.91. The maximum atomic E-state index is 11.5. The van der Waals surface area contributed by atoms with E-state index in [1.54, 1.807) is 6.20 Å². The van der Waals surface area contributed by atoms with Crippen molar-refractivity contribution in [1.29, 1.82) is 0 Å². The second-order valence-corrected chi connectivity index (χ2v) is 4.24. The van der Waals surface area contributed by atoms with Gasteiger partial charge in [0.25, 0.3) is 0 Å². The molecule has 1 amide bonds. The van der Waals surface area contributed by atoms with Crippen molar-refractivity contribution >= 4 is 11.6 Å². The lowest BCUT2D eigenvalue weighted by atomic mass is 10.2. The summed E-state index contributed by atoms with van der Waals surface area (Å²) in [6.07, 6.45) is 6.60. The largest absolute Gasteiger partial charge is 0.396 e. The Morgan fingerprint density at radius 1 is 1.71 bits per heavy atom. The van der Waals surface area contributed by atoms with Crippen LogP contribution in [0.15, 0.2) is 12.4 Å². The number of amides is 1. The zero-order chi connectivity index (χ0) is 12.1. The maximum Gasteiger partial charge on any atom is 0.241 e. The van der Waals surface area contributed by atoms with Crippen LogP contribution < -0.4 is 11.1 Å². The van der Waals surface area contributed by atoms with Crippen LogP contribution in [0.25, 0.3) is 0 Å². The Morgan fingerprint density at radius 3 is 3.24 bits per heavy atom. The topological polar surface area (TPSA) is 82.2 Å². The van der Waals surface area contributed by atoms with E-state index >= 15 is 0 Å². The summed E-state index contributed by atoms with van der Waals surface area (Å²) in [5, 5.41) is 6.79. The molecule has 1 atom stereocenters. The molecule has 1 saturated heterocycles. The van der Waals surface area contributed by atoms with Crippen molar-refractivity contribution in [1.82, 2.24) is 15.1 Å². The van der Waals surface area contributed by atoms with Crippen molar-refractivity contribution in [3.63, 3.8) is 0 Å². The minimum Gasteiger partial charge on any atom is -0.396 e. The van der Waals surface area contributed by atoms with Gasteiger partial charge in [-0.1, -0.05) is 0 Å². The molecular weight excluding hydrogens is 220 g/mol. The SMILES string of the molecule is Nc1cnn(CC(=O)NCCC2CCCO2)c1. The zero-order valence-electron chi connectivity index (χ0n) is 9.76. The van der Waals surface area contributed by atoms with Crippen molar-refractivity contribution in [2.24, 2.45) is 0 Å². The fourth-order valence-electron chi connectivity index (χ4n) is 1.91. The van der Waals surface area contributed by atoms with Crippen LogP contribution in [0.1, 0.15) is 19.3 Å². The number of ether oxygens (including phenoxy) is 1. The number of hydrogen-bond donors (Lipinski definition) is 2. The molecule has 6 heteroatoms. The van der Waals surface area contributed by atoms with Crippen LogP contribution in [-0.4, -0.2) is 34.9 Å². The zero-order valence-corrected chi connectivity index (χ0v) is 9.76. The van der Waals surface area contributed by atoms with Gasteiger partial charge in [0, 0.05) is 19.3 Å². The molecule has 0 bridgehead atoms. The third-order valence-corrected chi connectivity index (χ3v) is 2.77. The van der Waals surface area contributed by atoms with E-state index in [4.69, 9.17) is 10.5 Å². The van der Waals surface area contributed by atoms with Crippen LogP contribution in [0.5, 0.6) is 0 Å². The van der Waals surface area contributed by atoms with E-state index in [1.807, 2.05) is 0 Å². The second kappa shape index (κ2) is 5.67. The molecule has 1 aliphatic heterocycles. The number of nitrogens with two attached hydrogens (primary N) is 1. The highest BCUT2D eigenvalue weighted by Gasteiger charge is 2.15. The van der Waals surface area contributed by atoms with Gasteiger partial charge in [0.15, 0.2) is 0 Å². The number of aromatic nitrogens is 2. The molecule has 1 unspecified atom stereocenters. The van der Waals surface area contributed by atoms with Gasteiger partial charge in [-0.2, -0.15) is 5.10 Å². The average Bonchev–Trinajstić information content (AvgIpc) is 2.90. The van der Waals surface area contributed by atoms with Crippen LogP contribution in [0.2, 0.25) is 0 Å². The smallest absolute Gasteiger partial charge is 0.241 e. The van der Waals surface area contributed by atoms with E-state index in [1.165, 1.54) is 10.9 Å². The Balaban J connectivity index is 1.63. The van der Waals surface area contributed by atoms with E-state index in [2.05, 4.69) is 10.4 Å².